The molecule has 0 aliphatic rings. The number of nitrogens with one attached hydrogen (secondary N) is 1. The first-order chi connectivity index (χ1) is 21.0. The molecule has 7 heteroatoms. The first kappa shape index (κ1) is 34.4. The number of aromatic nitrogens is 1. The van der Waals surface area contributed by atoms with Crippen molar-refractivity contribution in [2.75, 3.05) is 6.61 Å². The highest BCUT2D eigenvalue weighted by Gasteiger charge is 2.31. The number of esters is 2. The maximum Gasteiger partial charge on any atom is 0.311 e. The summed E-state index contributed by atoms with van der Waals surface area (Å²) in [6, 6.07) is 20.9. The molecule has 1 heterocycles. The van der Waals surface area contributed by atoms with Crippen molar-refractivity contribution in [2.45, 2.75) is 91.5 Å². The summed E-state index contributed by atoms with van der Waals surface area (Å²) in [6.07, 6.45) is 7.24. The highest BCUT2D eigenvalue weighted by molar-refractivity contribution is 5.77. The molecule has 7 nitrogen and oxygen atoms in total. The van der Waals surface area contributed by atoms with Gasteiger partial charge in [0.1, 0.15) is 6.61 Å². The summed E-state index contributed by atoms with van der Waals surface area (Å²) >= 11 is 0. The summed E-state index contributed by atoms with van der Waals surface area (Å²) in [5.74, 6) is -0.247. The monoisotopic (exact) mass is 600 g/mol. The molecule has 44 heavy (non-hydrogen) atoms. The van der Waals surface area contributed by atoms with Crippen LogP contribution in [0.1, 0.15) is 86.5 Å². The Hall–Kier alpha value is -4.13. The van der Waals surface area contributed by atoms with Gasteiger partial charge in [0.2, 0.25) is 5.91 Å². The number of rotatable bonds is 16. The van der Waals surface area contributed by atoms with E-state index in [1.165, 1.54) is 36.1 Å². The topological polar surface area (TPSA) is 86.6 Å². The van der Waals surface area contributed by atoms with Crippen molar-refractivity contribution in [1.29, 1.82) is 0 Å². The summed E-state index contributed by atoms with van der Waals surface area (Å²) in [4.78, 5) is 36.6. The van der Waals surface area contributed by atoms with Crippen molar-refractivity contribution in [3.8, 4) is 0 Å². The van der Waals surface area contributed by atoms with Crippen LogP contribution >= 0.6 is 0 Å². The maximum absolute atomic E-state index is 13.0. The molecule has 2 aromatic carbocycles. The molecule has 0 radical (unpaired) electrons. The Morgan fingerprint density at radius 2 is 1.48 bits per heavy atom. The number of nitrogens with zero attached hydrogens (tertiary/aromatic N) is 1. The minimum absolute atomic E-state index is 0.111. The third kappa shape index (κ3) is 10.9. The number of carbonyl (C=O) groups is 3. The Balaban J connectivity index is 1.75. The molecule has 1 N–H and O–H groups in total. The minimum Gasteiger partial charge on any atom is -0.463 e. The van der Waals surface area contributed by atoms with E-state index in [0.29, 0.717) is 37.9 Å². The molecule has 0 unspecified atom stereocenters. The zero-order valence-corrected chi connectivity index (χ0v) is 27.2. The van der Waals surface area contributed by atoms with E-state index in [9.17, 15) is 14.4 Å². The Labute approximate surface area is 262 Å². The number of carbonyl (C=O) groups excluding carboxylic acids is 3. The SMILES string of the molecule is CC[C@@](CCc1ccc(C(=CCCc2ccc(C)cc2)OC(=O)CCCc2ccc(C)cc2)n1C)(COC(C)=O)NC(C)=O. The summed E-state index contributed by atoms with van der Waals surface area (Å²) in [5, 5.41) is 3.02. The van der Waals surface area contributed by atoms with Crippen LogP contribution in [0.5, 0.6) is 0 Å². The lowest BCUT2D eigenvalue weighted by molar-refractivity contribution is -0.144. The lowest BCUT2D eigenvalue weighted by Crippen LogP contribution is -2.51. The molecule has 1 atom stereocenters. The van der Waals surface area contributed by atoms with Gasteiger partial charge in [0.05, 0.1) is 11.2 Å². The van der Waals surface area contributed by atoms with Gasteiger partial charge < -0.3 is 19.4 Å². The largest absolute Gasteiger partial charge is 0.463 e. The quantitative estimate of drug-likeness (QED) is 0.142. The first-order valence-electron chi connectivity index (χ1n) is 15.6. The number of hydrogen-bond acceptors (Lipinski definition) is 5. The average molecular weight is 601 g/mol. The van der Waals surface area contributed by atoms with Crippen LogP contribution in [0, 0.1) is 13.8 Å². The second kappa shape index (κ2) is 16.6. The molecule has 1 aromatic heterocycles. The third-order valence-electron chi connectivity index (χ3n) is 8.08. The van der Waals surface area contributed by atoms with Gasteiger partial charge in [-0.2, -0.15) is 0 Å². The molecule has 1 amide bonds. The first-order valence-corrected chi connectivity index (χ1v) is 15.6. The summed E-state index contributed by atoms with van der Waals surface area (Å²) in [6.45, 7) is 9.07. The van der Waals surface area contributed by atoms with Gasteiger partial charge in [-0.25, -0.2) is 0 Å². The van der Waals surface area contributed by atoms with E-state index in [0.717, 1.165) is 30.7 Å². The Bertz CT molecular complexity index is 1420. The van der Waals surface area contributed by atoms with Crippen LogP contribution in [-0.4, -0.2) is 34.6 Å². The molecule has 0 aliphatic heterocycles. The number of hydrogen-bond donors (Lipinski definition) is 1. The van der Waals surface area contributed by atoms with Crippen molar-refractivity contribution in [2.24, 2.45) is 7.05 Å². The molecule has 3 rings (SSSR count). The van der Waals surface area contributed by atoms with Gasteiger partial charge in [-0.1, -0.05) is 66.6 Å². The zero-order valence-electron chi connectivity index (χ0n) is 27.2. The standard InChI is InChI=1S/C37H48N2O5/c1-7-37(38-29(4)40,26-43-30(5)41)25-24-33-22-23-34(39(33)6)35(12-8-10-31-18-14-27(2)15-19-31)44-36(42)13-9-11-32-20-16-28(3)17-21-32/h12,14-23H,7-11,13,24-26H2,1-6H3,(H,38,40)/t37-/m1/s1. The fraction of sp³-hybridized carbons (Fsp3) is 0.432. The predicted octanol–water partition coefficient (Wildman–Crippen LogP) is 6.96. The van der Waals surface area contributed by atoms with E-state index >= 15 is 0 Å². The van der Waals surface area contributed by atoms with Crippen LogP contribution in [-0.2, 0) is 50.2 Å². The number of allylic oxidation sites excluding steroid dienone is 1. The minimum atomic E-state index is -0.668. The van der Waals surface area contributed by atoms with Gasteiger partial charge in [-0.3, -0.25) is 14.4 Å². The van der Waals surface area contributed by atoms with E-state index in [1.807, 2.05) is 36.7 Å². The maximum atomic E-state index is 13.0. The summed E-state index contributed by atoms with van der Waals surface area (Å²) < 4.78 is 13.4. The molecule has 0 fully saturated rings. The van der Waals surface area contributed by atoms with Crippen molar-refractivity contribution < 1.29 is 23.9 Å². The number of ether oxygens (including phenoxy) is 2. The molecular weight excluding hydrogens is 552 g/mol. The second-order valence-corrected chi connectivity index (χ2v) is 11.8. The van der Waals surface area contributed by atoms with E-state index in [1.54, 1.807) is 0 Å². The van der Waals surface area contributed by atoms with Gasteiger partial charge in [0, 0.05) is 33.0 Å². The third-order valence-corrected chi connectivity index (χ3v) is 8.08. The molecule has 236 valence electrons. The average Bonchev–Trinajstić information content (AvgIpc) is 3.35. The lowest BCUT2D eigenvalue weighted by atomic mass is 9.90. The lowest BCUT2D eigenvalue weighted by Gasteiger charge is -2.33. The number of amides is 1. The van der Waals surface area contributed by atoms with Gasteiger partial charge in [0.15, 0.2) is 5.76 Å². The van der Waals surface area contributed by atoms with Crippen LogP contribution in [0.25, 0.3) is 5.76 Å². The Morgan fingerprint density at radius 3 is 2.05 bits per heavy atom. The fourth-order valence-corrected chi connectivity index (χ4v) is 5.26. The van der Waals surface area contributed by atoms with Crippen LogP contribution in [0.2, 0.25) is 0 Å². The molecule has 0 aliphatic carbocycles. The van der Waals surface area contributed by atoms with Gasteiger partial charge >= 0.3 is 11.9 Å². The van der Waals surface area contributed by atoms with Gasteiger partial charge in [-0.05, 0) is 88.1 Å². The van der Waals surface area contributed by atoms with Gasteiger partial charge in [0.25, 0.3) is 0 Å². The van der Waals surface area contributed by atoms with E-state index in [-0.39, 0.29) is 24.5 Å². The fourth-order valence-electron chi connectivity index (χ4n) is 5.26. The van der Waals surface area contributed by atoms with Gasteiger partial charge in [-0.15, -0.1) is 0 Å². The number of aryl methyl sites for hydroxylation is 5. The zero-order chi connectivity index (χ0) is 32.1. The van der Waals surface area contributed by atoms with E-state index < -0.39 is 5.54 Å². The normalized spacial score (nSPS) is 12.8. The molecule has 0 saturated heterocycles. The number of benzene rings is 2. The van der Waals surface area contributed by atoms with Crippen LogP contribution in [0.4, 0.5) is 0 Å². The van der Waals surface area contributed by atoms with Crippen molar-refractivity contribution in [3.63, 3.8) is 0 Å². The van der Waals surface area contributed by atoms with Crippen molar-refractivity contribution >= 4 is 23.6 Å². The molecule has 0 spiro atoms. The van der Waals surface area contributed by atoms with E-state index in [4.69, 9.17) is 9.47 Å². The Morgan fingerprint density at radius 1 is 0.864 bits per heavy atom. The van der Waals surface area contributed by atoms with Crippen LogP contribution in [0.15, 0.2) is 66.7 Å². The van der Waals surface area contributed by atoms with Crippen LogP contribution < -0.4 is 5.32 Å². The van der Waals surface area contributed by atoms with Crippen molar-refractivity contribution in [3.05, 3.63) is 100 Å². The second-order valence-electron chi connectivity index (χ2n) is 11.8. The highest BCUT2D eigenvalue weighted by Crippen LogP contribution is 2.25. The summed E-state index contributed by atoms with van der Waals surface area (Å²) in [7, 11) is 1.96. The Kier molecular flexibility index (Phi) is 13.0. The highest BCUT2D eigenvalue weighted by atomic mass is 16.5. The molecule has 3 aromatic rings. The smallest absolute Gasteiger partial charge is 0.311 e. The van der Waals surface area contributed by atoms with Crippen molar-refractivity contribution in [1.82, 2.24) is 9.88 Å². The summed E-state index contributed by atoms with van der Waals surface area (Å²) in [5.41, 5.74) is 6.04. The predicted molar refractivity (Wildman–Crippen MR) is 175 cm³/mol. The molecular formula is C37H48N2O5. The molecule has 0 bridgehead atoms. The molecule has 0 saturated carbocycles. The van der Waals surface area contributed by atoms with E-state index in [2.05, 4.69) is 67.7 Å². The van der Waals surface area contributed by atoms with Crippen LogP contribution in [0.3, 0.4) is 0 Å².